The van der Waals surface area contributed by atoms with Crippen LogP contribution in [-0.4, -0.2) is 51.3 Å². The predicted molar refractivity (Wildman–Crippen MR) is 42.6 cm³/mol. The van der Waals surface area contributed by atoms with Crippen molar-refractivity contribution in [1.29, 1.82) is 0 Å². The van der Waals surface area contributed by atoms with E-state index in [4.69, 9.17) is 5.11 Å². The Labute approximate surface area is 75.9 Å². The van der Waals surface area contributed by atoms with Gasteiger partial charge in [0.2, 0.25) is 0 Å². The van der Waals surface area contributed by atoms with Gasteiger partial charge in [-0.05, 0) is 0 Å². The number of carboxylic acids is 1. The van der Waals surface area contributed by atoms with Gasteiger partial charge in [0.25, 0.3) is 0 Å². The predicted octanol–water partition coefficient (Wildman–Crippen LogP) is -1.09. The van der Waals surface area contributed by atoms with Crippen molar-refractivity contribution in [2.45, 2.75) is 0 Å². The second kappa shape index (κ2) is 3.99. The highest BCUT2D eigenvalue weighted by Gasteiger charge is 2.21. The highest BCUT2D eigenvalue weighted by Crippen LogP contribution is 1.95. The number of carbonyl (C=O) groups is 1. The molecule has 0 heterocycles. The molecule has 0 unspecified atom stereocenters. The third-order valence-electron chi connectivity index (χ3n) is 1.23. The summed E-state index contributed by atoms with van der Waals surface area (Å²) >= 11 is 0. The number of carboxylic acid groups (broad SMARTS) is 1. The molecule has 78 valence electrons. The van der Waals surface area contributed by atoms with Gasteiger partial charge in [-0.25, -0.2) is 4.79 Å². The minimum Gasteiger partial charge on any atom is -0.477 e. The molecule has 0 bridgehead atoms. The Bertz CT molecular complexity index is 287. The van der Waals surface area contributed by atoms with Crippen LogP contribution < -0.4 is 4.72 Å². The molecule has 0 atom stereocenters. The Morgan fingerprint density at radius 2 is 2.00 bits per heavy atom. The van der Waals surface area contributed by atoms with Crippen LogP contribution in [0.1, 0.15) is 0 Å². The molecule has 0 aromatic heterocycles. The molecule has 0 spiro atoms. The quantitative estimate of drug-likeness (QED) is 0.347. The van der Waals surface area contributed by atoms with Crippen molar-refractivity contribution >= 4 is 16.4 Å². The number of hydrogen-bond acceptors (Lipinski definition) is 3. The van der Waals surface area contributed by atoms with E-state index in [0.29, 0.717) is 0 Å². The summed E-state index contributed by atoms with van der Waals surface area (Å²) in [6.07, 6.45) is 0. The number of rotatable bonds is 5. The van der Waals surface area contributed by atoms with Crippen LogP contribution in [0.15, 0.2) is 0 Å². The van der Waals surface area contributed by atoms with Crippen LogP contribution in [0.4, 0.5) is 3.89 Å². The molecule has 13 heavy (non-hydrogen) atoms. The Kier molecular flexibility index (Phi) is 3.76. The van der Waals surface area contributed by atoms with E-state index in [-0.39, 0.29) is 17.7 Å². The summed E-state index contributed by atoms with van der Waals surface area (Å²) in [5.74, 6) is -1.08. The zero-order valence-corrected chi connectivity index (χ0v) is 8.14. The fraction of sp³-hybridized carbons (Fsp3) is 0.800. The molecule has 8 heteroatoms. The summed E-state index contributed by atoms with van der Waals surface area (Å²) < 4.78 is 33.4. The molecule has 2 N–H and O–H groups in total. The van der Waals surface area contributed by atoms with Gasteiger partial charge in [-0.3, -0.25) is 0 Å². The number of halogens is 1. The molecule has 0 aliphatic heterocycles. The monoisotopic (exact) mass is 215 g/mol. The molecular formula is C5H12FN2O4S+. The average Bonchev–Trinajstić information content (AvgIpc) is 1.79. The lowest BCUT2D eigenvalue weighted by Gasteiger charge is -2.26. The summed E-state index contributed by atoms with van der Waals surface area (Å²) in [5.41, 5.74) is 0. The van der Waals surface area contributed by atoms with E-state index in [1.54, 1.807) is 4.72 Å². The minimum atomic E-state index is -4.75. The molecule has 0 saturated heterocycles. The maximum Gasteiger partial charge on any atom is 0.376 e. The molecule has 6 nitrogen and oxygen atoms in total. The van der Waals surface area contributed by atoms with Crippen molar-refractivity contribution in [3.63, 3.8) is 0 Å². The van der Waals surface area contributed by atoms with Crippen molar-refractivity contribution < 1.29 is 26.7 Å². The Balaban J connectivity index is 4.11. The van der Waals surface area contributed by atoms with Crippen LogP contribution in [0, 0.1) is 0 Å². The second-order valence-corrected chi connectivity index (χ2v) is 4.39. The van der Waals surface area contributed by atoms with Gasteiger partial charge in [0, 0.05) is 0 Å². The van der Waals surface area contributed by atoms with Gasteiger partial charge >= 0.3 is 16.4 Å². The largest absolute Gasteiger partial charge is 0.477 e. The maximum atomic E-state index is 12.0. The van der Waals surface area contributed by atoms with Crippen molar-refractivity contribution in [3.05, 3.63) is 0 Å². The van der Waals surface area contributed by atoms with E-state index in [2.05, 4.69) is 0 Å². The third-order valence-corrected chi connectivity index (χ3v) is 1.70. The molecule has 0 amide bonds. The van der Waals surface area contributed by atoms with E-state index in [1.807, 2.05) is 0 Å². The summed E-state index contributed by atoms with van der Waals surface area (Å²) in [7, 11) is -1.82. The van der Waals surface area contributed by atoms with Gasteiger partial charge in [-0.1, -0.05) is 3.89 Å². The van der Waals surface area contributed by atoms with E-state index in [9.17, 15) is 17.1 Å². The lowest BCUT2D eigenvalue weighted by Crippen LogP contribution is -2.50. The maximum absolute atomic E-state index is 12.0. The Hall–Kier alpha value is -0.730. The minimum absolute atomic E-state index is 0.168. The number of nitrogens with one attached hydrogen (secondary N) is 1. The van der Waals surface area contributed by atoms with Crippen LogP contribution in [0.5, 0.6) is 0 Å². The fourth-order valence-corrected chi connectivity index (χ4v) is 1.18. The first kappa shape index (κ1) is 12.3. The summed E-state index contributed by atoms with van der Waals surface area (Å²) in [4.78, 5) is 10.3. The molecular weight excluding hydrogens is 203 g/mol. The van der Waals surface area contributed by atoms with Gasteiger partial charge in [-0.15, -0.1) is 4.72 Å². The van der Waals surface area contributed by atoms with Gasteiger partial charge in [0.15, 0.2) is 6.54 Å². The zero-order valence-electron chi connectivity index (χ0n) is 7.32. The molecule has 0 fully saturated rings. The molecule has 0 aromatic carbocycles. The molecule has 0 aliphatic carbocycles. The Morgan fingerprint density at radius 3 is 2.31 bits per heavy atom. The smallest absolute Gasteiger partial charge is 0.376 e. The van der Waals surface area contributed by atoms with Crippen molar-refractivity contribution in [1.82, 2.24) is 4.72 Å². The van der Waals surface area contributed by atoms with Crippen molar-refractivity contribution in [2.24, 2.45) is 0 Å². The SMILES string of the molecule is C[N+](C)(CNS(=O)(=O)F)CC(=O)O. The summed E-state index contributed by atoms with van der Waals surface area (Å²) in [6, 6.07) is 0. The third kappa shape index (κ3) is 7.62. The molecule has 0 aliphatic rings. The first-order valence-electron chi connectivity index (χ1n) is 3.35. The standard InChI is InChI=1S/C5H11FN2O4S/c1-8(2,3-5(9)10)4-7-13(6,11)12/h7H,3-4H2,1-2H3/p+1. The van der Waals surface area contributed by atoms with Crippen LogP contribution in [0.2, 0.25) is 0 Å². The highest BCUT2D eigenvalue weighted by atomic mass is 32.3. The molecule has 0 rings (SSSR count). The Morgan fingerprint density at radius 1 is 1.54 bits per heavy atom. The van der Waals surface area contributed by atoms with Gasteiger partial charge < -0.3 is 9.59 Å². The number of quaternary nitrogens is 1. The van der Waals surface area contributed by atoms with Crippen molar-refractivity contribution in [2.75, 3.05) is 27.3 Å². The van der Waals surface area contributed by atoms with E-state index >= 15 is 0 Å². The molecule has 0 aromatic rings. The summed E-state index contributed by atoms with van der Waals surface area (Å²) in [5, 5.41) is 8.39. The van der Waals surface area contributed by atoms with E-state index in [0.717, 1.165) is 0 Å². The topological polar surface area (TPSA) is 83.5 Å². The number of hydrogen-bond donors (Lipinski definition) is 2. The first-order valence-corrected chi connectivity index (χ1v) is 4.74. The second-order valence-electron chi connectivity index (χ2n) is 3.23. The highest BCUT2D eigenvalue weighted by molar-refractivity contribution is 7.84. The zero-order chi connectivity index (χ0) is 10.7. The van der Waals surface area contributed by atoms with Crippen LogP contribution in [-0.2, 0) is 15.2 Å². The van der Waals surface area contributed by atoms with Crippen LogP contribution in [0.3, 0.4) is 0 Å². The average molecular weight is 215 g/mol. The lowest BCUT2D eigenvalue weighted by molar-refractivity contribution is -0.884. The van der Waals surface area contributed by atoms with E-state index < -0.39 is 16.4 Å². The van der Waals surface area contributed by atoms with Crippen LogP contribution in [0.25, 0.3) is 0 Å². The van der Waals surface area contributed by atoms with Crippen molar-refractivity contribution in [3.8, 4) is 0 Å². The van der Waals surface area contributed by atoms with E-state index in [1.165, 1.54) is 14.1 Å². The normalized spacial score (nSPS) is 12.8. The number of aliphatic carboxylic acids is 1. The fourth-order valence-electron chi connectivity index (χ4n) is 0.674. The lowest BCUT2D eigenvalue weighted by atomic mass is 10.5. The molecule has 0 saturated carbocycles. The van der Waals surface area contributed by atoms with Gasteiger partial charge in [0.1, 0.15) is 6.67 Å². The van der Waals surface area contributed by atoms with Gasteiger partial charge in [0.05, 0.1) is 14.1 Å². The first-order chi connectivity index (χ1) is 5.62. The number of likely N-dealkylation sites (N-methyl/N-ethyl adjacent to an activating group) is 1. The molecule has 0 radical (unpaired) electrons. The summed E-state index contributed by atoms with van der Waals surface area (Å²) in [6.45, 7) is -0.590. The van der Waals surface area contributed by atoms with Gasteiger partial charge in [-0.2, -0.15) is 8.42 Å². The van der Waals surface area contributed by atoms with Crippen LogP contribution >= 0.6 is 0 Å². The number of nitrogens with zero attached hydrogens (tertiary/aromatic N) is 1.